The SMILES string of the molecule is CC12CCC(C1)C2(C)C.CO. The van der Waals surface area contributed by atoms with Crippen molar-refractivity contribution in [2.75, 3.05) is 7.11 Å². The summed E-state index contributed by atoms with van der Waals surface area (Å²) in [6.45, 7) is 7.33. The van der Waals surface area contributed by atoms with E-state index in [4.69, 9.17) is 5.11 Å². The molecule has 0 radical (unpaired) electrons. The zero-order valence-electron chi connectivity index (χ0n) is 8.15. The van der Waals surface area contributed by atoms with Crippen LogP contribution in [0.2, 0.25) is 0 Å². The first-order valence-corrected chi connectivity index (χ1v) is 4.51. The second kappa shape index (κ2) is 2.48. The summed E-state index contributed by atoms with van der Waals surface area (Å²) >= 11 is 0. The van der Waals surface area contributed by atoms with E-state index in [1.165, 1.54) is 19.3 Å². The van der Waals surface area contributed by atoms with Crippen molar-refractivity contribution >= 4 is 0 Å². The van der Waals surface area contributed by atoms with Gasteiger partial charge >= 0.3 is 0 Å². The molecule has 0 aliphatic heterocycles. The molecule has 0 aromatic rings. The molecule has 0 spiro atoms. The molecule has 0 aromatic carbocycles. The summed E-state index contributed by atoms with van der Waals surface area (Å²) in [5.74, 6) is 1.07. The van der Waals surface area contributed by atoms with Gasteiger partial charge in [0.2, 0.25) is 0 Å². The van der Waals surface area contributed by atoms with Crippen LogP contribution in [0.1, 0.15) is 40.0 Å². The Labute approximate surface area is 69.8 Å². The van der Waals surface area contributed by atoms with Gasteiger partial charge in [-0.15, -0.1) is 0 Å². The van der Waals surface area contributed by atoms with Gasteiger partial charge in [-0.3, -0.25) is 0 Å². The van der Waals surface area contributed by atoms with Gasteiger partial charge < -0.3 is 5.11 Å². The molecule has 0 saturated heterocycles. The maximum absolute atomic E-state index is 7.00. The number of aliphatic hydroxyl groups excluding tert-OH is 1. The molecule has 3 aliphatic rings. The Morgan fingerprint density at radius 3 is 1.82 bits per heavy atom. The van der Waals surface area contributed by atoms with Crippen LogP contribution in [0.3, 0.4) is 0 Å². The average molecular weight is 156 g/mol. The van der Waals surface area contributed by atoms with Crippen LogP contribution >= 0.6 is 0 Å². The third-order valence-electron chi connectivity index (χ3n) is 4.32. The molecule has 66 valence electrons. The van der Waals surface area contributed by atoms with E-state index in [1.807, 2.05) is 0 Å². The largest absolute Gasteiger partial charge is 0.400 e. The van der Waals surface area contributed by atoms with Crippen molar-refractivity contribution in [3.05, 3.63) is 0 Å². The fraction of sp³-hybridized carbons (Fsp3) is 1.00. The van der Waals surface area contributed by atoms with Gasteiger partial charge in [-0.1, -0.05) is 20.8 Å². The lowest BCUT2D eigenvalue weighted by Gasteiger charge is -2.53. The summed E-state index contributed by atoms with van der Waals surface area (Å²) in [7, 11) is 1.00. The van der Waals surface area contributed by atoms with Crippen LogP contribution < -0.4 is 0 Å². The fourth-order valence-corrected chi connectivity index (χ4v) is 2.80. The fourth-order valence-electron chi connectivity index (χ4n) is 2.80. The second-order valence-corrected chi connectivity index (χ2v) is 4.72. The first kappa shape index (κ1) is 9.05. The smallest absolute Gasteiger partial charge is 0.0319 e. The van der Waals surface area contributed by atoms with E-state index in [-0.39, 0.29) is 0 Å². The first-order valence-electron chi connectivity index (χ1n) is 4.51. The van der Waals surface area contributed by atoms with Gasteiger partial charge in [0.25, 0.3) is 0 Å². The Morgan fingerprint density at radius 2 is 1.73 bits per heavy atom. The van der Waals surface area contributed by atoms with Crippen LogP contribution in [-0.4, -0.2) is 12.2 Å². The molecule has 3 rings (SSSR count). The molecule has 0 aromatic heterocycles. The molecular weight excluding hydrogens is 136 g/mol. The lowest BCUT2D eigenvalue weighted by Crippen LogP contribution is -2.45. The standard InChI is InChI=1S/C9H16.CH4O/c1-8(2)7-4-5-9(8,3)6-7;1-2/h7H,4-6H2,1-3H3;2H,1H3. The van der Waals surface area contributed by atoms with Gasteiger partial charge in [-0.05, 0) is 36.0 Å². The van der Waals surface area contributed by atoms with Crippen molar-refractivity contribution in [1.82, 2.24) is 0 Å². The van der Waals surface area contributed by atoms with Crippen LogP contribution in [0.25, 0.3) is 0 Å². The van der Waals surface area contributed by atoms with Crippen molar-refractivity contribution < 1.29 is 5.11 Å². The quantitative estimate of drug-likeness (QED) is 0.571. The molecule has 3 aliphatic carbocycles. The van der Waals surface area contributed by atoms with E-state index < -0.39 is 0 Å². The molecule has 1 N–H and O–H groups in total. The van der Waals surface area contributed by atoms with E-state index >= 15 is 0 Å². The van der Waals surface area contributed by atoms with Gasteiger partial charge in [-0.25, -0.2) is 0 Å². The highest BCUT2D eigenvalue weighted by Gasteiger charge is 2.61. The molecule has 1 heteroatoms. The van der Waals surface area contributed by atoms with Crippen molar-refractivity contribution in [1.29, 1.82) is 0 Å². The number of hydrogen-bond acceptors (Lipinski definition) is 1. The van der Waals surface area contributed by atoms with Gasteiger partial charge in [-0.2, -0.15) is 0 Å². The van der Waals surface area contributed by atoms with E-state index in [0.29, 0.717) is 5.41 Å². The van der Waals surface area contributed by atoms with E-state index in [0.717, 1.165) is 18.4 Å². The molecular formula is C10H20O. The highest BCUT2D eigenvalue weighted by Crippen LogP contribution is 2.70. The number of fused-ring (bicyclic) bond motifs is 1. The summed E-state index contributed by atoms with van der Waals surface area (Å²) in [5.41, 5.74) is 1.42. The van der Waals surface area contributed by atoms with Gasteiger partial charge in [0.05, 0.1) is 0 Å². The minimum atomic E-state index is 0.688. The predicted octanol–water partition coefficient (Wildman–Crippen LogP) is 2.44. The van der Waals surface area contributed by atoms with Crippen molar-refractivity contribution in [3.8, 4) is 0 Å². The molecule has 1 nitrogen and oxygen atoms in total. The third kappa shape index (κ3) is 0.936. The van der Waals surface area contributed by atoms with Crippen LogP contribution in [0.4, 0.5) is 0 Å². The van der Waals surface area contributed by atoms with Gasteiger partial charge in [0, 0.05) is 7.11 Å². The Morgan fingerprint density at radius 1 is 1.18 bits per heavy atom. The molecule has 0 amide bonds. The summed E-state index contributed by atoms with van der Waals surface area (Å²) < 4.78 is 0. The maximum atomic E-state index is 7.00. The van der Waals surface area contributed by atoms with Crippen LogP contribution in [-0.2, 0) is 0 Å². The summed E-state index contributed by atoms with van der Waals surface area (Å²) in [6, 6.07) is 0. The van der Waals surface area contributed by atoms with Crippen molar-refractivity contribution in [2.24, 2.45) is 16.7 Å². The van der Waals surface area contributed by atoms with Crippen molar-refractivity contribution in [2.45, 2.75) is 40.0 Å². The topological polar surface area (TPSA) is 20.2 Å². The lowest BCUT2D eigenvalue weighted by molar-refractivity contribution is -0.0393. The molecule has 2 unspecified atom stereocenters. The highest BCUT2D eigenvalue weighted by atomic mass is 16.2. The average Bonchev–Trinajstić information content (AvgIpc) is 2.47. The summed E-state index contributed by atoms with van der Waals surface area (Å²) in [5, 5.41) is 7.00. The third-order valence-corrected chi connectivity index (χ3v) is 4.32. The molecule has 2 bridgehead atoms. The second-order valence-electron chi connectivity index (χ2n) is 4.72. The number of aliphatic hydroxyl groups is 1. The Hall–Kier alpha value is -0.0400. The Kier molecular flexibility index (Phi) is 2.04. The van der Waals surface area contributed by atoms with E-state index in [9.17, 15) is 0 Å². The minimum absolute atomic E-state index is 0.688. The molecule has 3 saturated carbocycles. The summed E-state index contributed by atoms with van der Waals surface area (Å²) in [4.78, 5) is 0. The normalized spacial score (nSPS) is 43.9. The van der Waals surface area contributed by atoms with Crippen LogP contribution in [0.5, 0.6) is 0 Å². The minimum Gasteiger partial charge on any atom is -0.400 e. The van der Waals surface area contributed by atoms with E-state index in [1.54, 1.807) is 0 Å². The monoisotopic (exact) mass is 156 g/mol. The molecule has 0 heterocycles. The van der Waals surface area contributed by atoms with Gasteiger partial charge in [0.15, 0.2) is 0 Å². The molecule has 3 fully saturated rings. The first-order chi connectivity index (χ1) is 5.06. The van der Waals surface area contributed by atoms with Crippen molar-refractivity contribution in [3.63, 3.8) is 0 Å². The zero-order valence-corrected chi connectivity index (χ0v) is 8.15. The molecule has 11 heavy (non-hydrogen) atoms. The Balaban J connectivity index is 0.000000281. The summed E-state index contributed by atoms with van der Waals surface area (Å²) in [6.07, 6.45) is 4.51. The maximum Gasteiger partial charge on any atom is 0.0319 e. The number of hydrogen-bond donors (Lipinski definition) is 1. The van der Waals surface area contributed by atoms with Gasteiger partial charge in [0.1, 0.15) is 0 Å². The zero-order chi connectivity index (χ0) is 8.70. The van der Waals surface area contributed by atoms with Crippen LogP contribution in [0.15, 0.2) is 0 Å². The molecule has 2 atom stereocenters. The number of rotatable bonds is 0. The Bertz CT molecular complexity index is 144. The van der Waals surface area contributed by atoms with E-state index in [2.05, 4.69) is 20.8 Å². The van der Waals surface area contributed by atoms with Crippen LogP contribution in [0, 0.1) is 16.7 Å². The lowest BCUT2D eigenvalue weighted by atomic mass is 9.52. The predicted molar refractivity (Wildman–Crippen MR) is 47.4 cm³/mol. The highest BCUT2D eigenvalue weighted by molar-refractivity contribution is 5.10.